The van der Waals surface area contributed by atoms with Gasteiger partial charge in [0.1, 0.15) is 11.2 Å². The van der Waals surface area contributed by atoms with Crippen LogP contribution in [-0.4, -0.2) is 35.3 Å². The Labute approximate surface area is 145 Å². The molecular weight excluding hydrogens is 331 g/mol. The fourth-order valence-corrected chi connectivity index (χ4v) is 3.19. The molecule has 7 nitrogen and oxygen atoms in total. The smallest absolute Gasteiger partial charge is 0.323 e. The molecule has 8 heteroatoms. The van der Waals surface area contributed by atoms with E-state index in [0.717, 1.165) is 0 Å². The lowest BCUT2D eigenvalue weighted by atomic mass is 10.0. The molecule has 0 rings (SSSR count). The SMILES string of the molecule is CC(C)CC(NP(N)(=O)C(C)(C)C(=O)OC(C)C)C(=O)OC(C)C. The van der Waals surface area contributed by atoms with Crippen molar-refractivity contribution >= 4 is 19.4 Å². The van der Waals surface area contributed by atoms with E-state index in [4.69, 9.17) is 15.0 Å². The van der Waals surface area contributed by atoms with Gasteiger partial charge in [0, 0.05) is 0 Å². The van der Waals surface area contributed by atoms with E-state index in [1.54, 1.807) is 27.7 Å². The van der Waals surface area contributed by atoms with Crippen molar-refractivity contribution in [3.05, 3.63) is 0 Å². The molecule has 0 aliphatic heterocycles. The van der Waals surface area contributed by atoms with Crippen LogP contribution in [0.2, 0.25) is 0 Å². The van der Waals surface area contributed by atoms with Gasteiger partial charge in [0.05, 0.1) is 12.2 Å². The Hall–Kier alpha value is -0.910. The summed E-state index contributed by atoms with van der Waals surface area (Å²) in [6.07, 6.45) is -0.263. The molecule has 0 saturated carbocycles. The van der Waals surface area contributed by atoms with Gasteiger partial charge in [-0.25, -0.2) is 5.09 Å². The highest BCUT2D eigenvalue weighted by Gasteiger charge is 2.47. The summed E-state index contributed by atoms with van der Waals surface area (Å²) in [5, 5.41) is 1.21. The van der Waals surface area contributed by atoms with E-state index in [1.165, 1.54) is 13.8 Å². The van der Waals surface area contributed by atoms with Crippen LogP contribution in [0.1, 0.15) is 61.8 Å². The highest BCUT2D eigenvalue weighted by molar-refractivity contribution is 7.62. The maximum Gasteiger partial charge on any atom is 0.323 e. The molecule has 2 atom stereocenters. The highest BCUT2D eigenvalue weighted by Crippen LogP contribution is 2.48. The molecule has 142 valence electrons. The zero-order valence-corrected chi connectivity index (χ0v) is 17.0. The first-order valence-corrected chi connectivity index (χ1v) is 10.1. The van der Waals surface area contributed by atoms with Gasteiger partial charge in [0.15, 0.2) is 0 Å². The van der Waals surface area contributed by atoms with Gasteiger partial charge < -0.3 is 9.47 Å². The van der Waals surface area contributed by atoms with E-state index in [-0.39, 0.29) is 18.1 Å². The molecule has 0 amide bonds. The second-order valence-corrected chi connectivity index (χ2v) is 10.2. The molecule has 0 aromatic carbocycles. The van der Waals surface area contributed by atoms with Crippen LogP contribution in [0.4, 0.5) is 0 Å². The Kier molecular flexibility index (Phi) is 8.63. The maximum atomic E-state index is 13.0. The van der Waals surface area contributed by atoms with Gasteiger partial charge in [-0.15, -0.1) is 0 Å². The van der Waals surface area contributed by atoms with Gasteiger partial charge in [-0.1, -0.05) is 13.8 Å². The fraction of sp³-hybridized carbons (Fsp3) is 0.875. The van der Waals surface area contributed by atoms with Crippen molar-refractivity contribution in [2.45, 2.75) is 85.2 Å². The number of ether oxygens (including phenoxy) is 2. The van der Waals surface area contributed by atoms with Crippen molar-refractivity contribution in [1.82, 2.24) is 5.09 Å². The number of hydrogen-bond donors (Lipinski definition) is 2. The minimum Gasteiger partial charge on any atom is -0.462 e. The van der Waals surface area contributed by atoms with Gasteiger partial charge in [-0.3, -0.25) is 19.7 Å². The van der Waals surface area contributed by atoms with Crippen LogP contribution in [0.5, 0.6) is 0 Å². The van der Waals surface area contributed by atoms with Crippen LogP contribution < -0.4 is 10.6 Å². The molecule has 3 N–H and O–H groups in total. The Bertz CT molecular complexity index is 489. The van der Waals surface area contributed by atoms with Crippen LogP contribution in [0.15, 0.2) is 0 Å². The largest absolute Gasteiger partial charge is 0.462 e. The third kappa shape index (κ3) is 6.91. The minimum atomic E-state index is -3.74. The summed E-state index contributed by atoms with van der Waals surface area (Å²) in [5.41, 5.74) is 5.95. The number of carbonyl (C=O) groups excluding carboxylic acids is 2. The van der Waals surface area contributed by atoms with Crippen molar-refractivity contribution in [3.8, 4) is 0 Å². The first-order chi connectivity index (χ1) is 10.7. The van der Waals surface area contributed by atoms with Gasteiger partial charge in [0.25, 0.3) is 0 Å². The third-order valence-corrected chi connectivity index (χ3v) is 5.90. The van der Waals surface area contributed by atoms with Gasteiger partial charge in [-0.2, -0.15) is 0 Å². The van der Waals surface area contributed by atoms with E-state index in [1.807, 2.05) is 13.8 Å². The number of rotatable bonds is 9. The molecule has 2 unspecified atom stereocenters. The lowest BCUT2D eigenvalue weighted by Crippen LogP contribution is -2.48. The molecule has 0 aromatic heterocycles. The van der Waals surface area contributed by atoms with E-state index in [2.05, 4.69) is 5.09 Å². The number of esters is 2. The molecule has 0 aliphatic carbocycles. The summed E-state index contributed by atoms with van der Waals surface area (Å²) in [4.78, 5) is 24.5. The predicted octanol–water partition coefficient (Wildman–Crippen LogP) is 2.82. The number of nitrogens with one attached hydrogen (secondary N) is 1. The van der Waals surface area contributed by atoms with Crippen LogP contribution in [-0.2, 0) is 23.6 Å². The minimum absolute atomic E-state index is 0.146. The van der Waals surface area contributed by atoms with Crippen LogP contribution in [0, 0.1) is 5.92 Å². The first kappa shape index (κ1) is 23.1. The molecule has 0 aliphatic rings. The summed E-state index contributed by atoms with van der Waals surface area (Å²) >= 11 is 0. The van der Waals surface area contributed by atoms with Crippen molar-refractivity contribution in [1.29, 1.82) is 0 Å². The standard InChI is InChI=1S/C16H33N2O5P/c1-10(2)9-13(14(19)22-11(3)4)18-24(17,21)16(7,8)15(20)23-12(5)6/h10-13H,9H2,1-8H3,(H3,17,18,21). The van der Waals surface area contributed by atoms with Crippen LogP contribution >= 0.6 is 7.44 Å². The van der Waals surface area contributed by atoms with Crippen molar-refractivity contribution in [3.63, 3.8) is 0 Å². The lowest BCUT2D eigenvalue weighted by molar-refractivity contribution is -0.151. The monoisotopic (exact) mass is 364 g/mol. The summed E-state index contributed by atoms with van der Waals surface area (Å²) < 4.78 is 23.3. The Morgan fingerprint density at radius 1 is 1.04 bits per heavy atom. The lowest BCUT2D eigenvalue weighted by Gasteiger charge is -2.33. The second kappa shape index (κ2) is 8.97. The van der Waals surface area contributed by atoms with E-state index in [0.29, 0.717) is 6.42 Å². The number of hydrogen-bond acceptors (Lipinski definition) is 5. The topological polar surface area (TPSA) is 108 Å². The molecule has 0 aromatic rings. The number of nitrogens with two attached hydrogens (primary N) is 1. The highest BCUT2D eigenvalue weighted by atomic mass is 31.2. The molecule has 24 heavy (non-hydrogen) atoms. The Morgan fingerprint density at radius 3 is 1.88 bits per heavy atom. The van der Waals surface area contributed by atoms with Gasteiger partial charge >= 0.3 is 11.9 Å². The summed E-state index contributed by atoms with van der Waals surface area (Å²) in [6, 6.07) is -0.852. The summed E-state index contributed by atoms with van der Waals surface area (Å²) in [6.45, 7) is 13.6. The molecule has 0 spiro atoms. The fourth-order valence-electron chi connectivity index (χ4n) is 1.87. The molecule has 0 radical (unpaired) electrons. The summed E-state index contributed by atoms with van der Waals surface area (Å²) in [5.74, 6) is -1.05. The molecule has 0 heterocycles. The number of carbonyl (C=O) groups is 2. The summed E-state index contributed by atoms with van der Waals surface area (Å²) in [7, 11) is -3.74. The first-order valence-electron chi connectivity index (χ1n) is 8.28. The van der Waals surface area contributed by atoms with Crippen LogP contribution in [0.25, 0.3) is 0 Å². The van der Waals surface area contributed by atoms with Gasteiger partial charge in [-0.05, 0) is 53.9 Å². The Morgan fingerprint density at radius 2 is 1.50 bits per heavy atom. The van der Waals surface area contributed by atoms with E-state index < -0.39 is 30.6 Å². The predicted molar refractivity (Wildman–Crippen MR) is 94.7 cm³/mol. The second-order valence-electron chi connectivity index (χ2n) is 7.47. The normalized spacial score (nSPS) is 16.2. The van der Waals surface area contributed by atoms with E-state index in [9.17, 15) is 14.2 Å². The molecule has 0 bridgehead atoms. The molecule has 0 fully saturated rings. The average molecular weight is 364 g/mol. The molecule has 0 saturated heterocycles. The average Bonchev–Trinajstić information content (AvgIpc) is 2.34. The Balaban J connectivity index is 5.38. The van der Waals surface area contributed by atoms with Crippen molar-refractivity contribution < 1.29 is 23.6 Å². The molecular formula is C16H33N2O5P. The van der Waals surface area contributed by atoms with Crippen LogP contribution in [0.3, 0.4) is 0 Å². The third-order valence-electron chi connectivity index (χ3n) is 3.36. The van der Waals surface area contributed by atoms with E-state index >= 15 is 0 Å². The zero-order chi connectivity index (χ0) is 19.3. The van der Waals surface area contributed by atoms with Gasteiger partial charge in [0.2, 0.25) is 7.44 Å². The zero-order valence-electron chi connectivity index (χ0n) is 16.1. The van der Waals surface area contributed by atoms with Crippen molar-refractivity contribution in [2.75, 3.05) is 0 Å². The quantitative estimate of drug-likeness (QED) is 0.478. The maximum absolute atomic E-state index is 13.0. The van der Waals surface area contributed by atoms with Crippen molar-refractivity contribution in [2.24, 2.45) is 11.4 Å².